The number of benzene rings is 1. The summed E-state index contributed by atoms with van der Waals surface area (Å²) in [5, 5.41) is 8.62. The summed E-state index contributed by atoms with van der Waals surface area (Å²) in [6, 6.07) is 7.79. The first-order chi connectivity index (χ1) is 8.26. The maximum absolute atomic E-state index is 8.62. The van der Waals surface area contributed by atoms with E-state index in [0.29, 0.717) is 13.2 Å². The molecule has 1 rings (SSSR count). The molecule has 0 bridgehead atoms. The Hall–Kier alpha value is -1.34. The molecule has 1 unspecified atom stereocenters. The van der Waals surface area contributed by atoms with Crippen molar-refractivity contribution in [3.8, 4) is 11.8 Å². The average Bonchev–Trinajstić information content (AvgIpc) is 2.35. The second kappa shape index (κ2) is 7.86. The maximum Gasteiger partial charge on any atom is 0.104 e. The minimum Gasteiger partial charge on any atom is -0.384 e. The van der Waals surface area contributed by atoms with Gasteiger partial charge in [0.05, 0.1) is 19.3 Å². The van der Waals surface area contributed by atoms with Crippen molar-refractivity contribution in [3.63, 3.8) is 0 Å². The monoisotopic (exact) mass is 234 g/mol. The molecule has 17 heavy (non-hydrogen) atoms. The Morgan fingerprint density at radius 3 is 2.94 bits per heavy atom. The summed E-state index contributed by atoms with van der Waals surface area (Å²) in [6.07, 6.45) is 0.0761. The van der Waals surface area contributed by atoms with E-state index in [2.05, 4.69) is 11.8 Å². The molecule has 0 heterocycles. The van der Waals surface area contributed by atoms with Gasteiger partial charge in [-0.05, 0) is 24.6 Å². The van der Waals surface area contributed by atoms with Crippen LogP contribution in [0.3, 0.4) is 0 Å². The summed E-state index contributed by atoms with van der Waals surface area (Å²) < 4.78 is 10.6. The van der Waals surface area contributed by atoms with Gasteiger partial charge in [-0.1, -0.05) is 24.0 Å². The van der Waals surface area contributed by atoms with Crippen LogP contribution < -0.4 is 0 Å². The van der Waals surface area contributed by atoms with Gasteiger partial charge in [-0.2, -0.15) is 0 Å². The summed E-state index contributed by atoms with van der Waals surface area (Å²) in [4.78, 5) is 0. The van der Waals surface area contributed by atoms with Gasteiger partial charge in [-0.15, -0.1) is 0 Å². The van der Waals surface area contributed by atoms with Gasteiger partial charge in [0.2, 0.25) is 0 Å². The van der Waals surface area contributed by atoms with E-state index in [-0.39, 0.29) is 12.7 Å². The van der Waals surface area contributed by atoms with Crippen LogP contribution in [-0.4, -0.2) is 31.5 Å². The molecule has 0 aromatic heterocycles. The number of ether oxygens (including phenoxy) is 2. The highest BCUT2D eigenvalue weighted by Gasteiger charge is 2.01. The summed E-state index contributed by atoms with van der Waals surface area (Å²) in [7, 11) is 1.66. The Bertz CT molecular complexity index is 390. The van der Waals surface area contributed by atoms with Gasteiger partial charge in [0, 0.05) is 12.7 Å². The van der Waals surface area contributed by atoms with Crippen LogP contribution in [0.15, 0.2) is 24.3 Å². The molecule has 3 nitrogen and oxygen atoms in total. The molecule has 1 aromatic rings. The van der Waals surface area contributed by atoms with E-state index >= 15 is 0 Å². The fourth-order valence-corrected chi connectivity index (χ4v) is 1.40. The van der Waals surface area contributed by atoms with Crippen LogP contribution in [0.1, 0.15) is 18.1 Å². The lowest BCUT2D eigenvalue weighted by Gasteiger charge is -2.11. The number of methoxy groups -OCH3 is 1. The van der Waals surface area contributed by atoms with E-state index in [0.717, 1.165) is 11.1 Å². The zero-order valence-corrected chi connectivity index (χ0v) is 10.3. The topological polar surface area (TPSA) is 38.7 Å². The van der Waals surface area contributed by atoms with Crippen LogP contribution >= 0.6 is 0 Å². The molecule has 0 aliphatic carbocycles. The first-order valence-electron chi connectivity index (χ1n) is 5.55. The number of aliphatic hydroxyl groups is 1. The molecule has 1 atom stereocenters. The minimum absolute atomic E-state index is 0.0761. The minimum atomic E-state index is -0.119. The van der Waals surface area contributed by atoms with Gasteiger partial charge in [0.25, 0.3) is 0 Å². The van der Waals surface area contributed by atoms with E-state index in [1.807, 2.05) is 31.2 Å². The van der Waals surface area contributed by atoms with E-state index < -0.39 is 0 Å². The Kier molecular flexibility index (Phi) is 6.34. The third-order valence-electron chi connectivity index (χ3n) is 2.17. The van der Waals surface area contributed by atoms with Gasteiger partial charge >= 0.3 is 0 Å². The van der Waals surface area contributed by atoms with Crippen molar-refractivity contribution in [2.75, 3.05) is 20.3 Å². The van der Waals surface area contributed by atoms with E-state index in [1.165, 1.54) is 0 Å². The predicted molar refractivity (Wildman–Crippen MR) is 66.5 cm³/mol. The van der Waals surface area contributed by atoms with Crippen LogP contribution in [0.4, 0.5) is 0 Å². The van der Waals surface area contributed by atoms with Crippen molar-refractivity contribution in [2.45, 2.75) is 19.6 Å². The third-order valence-corrected chi connectivity index (χ3v) is 2.17. The highest BCUT2D eigenvalue weighted by atomic mass is 16.5. The Morgan fingerprint density at radius 1 is 1.41 bits per heavy atom. The van der Waals surface area contributed by atoms with Crippen molar-refractivity contribution in [1.82, 2.24) is 0 Å². The Balaban J connectivity index is 2.54. The summed E-state index contributed by atoms with van der Waals surface area (Å²) >= 11 is 0. The lowest BCUT2D eigenvalue weighted by Crippen LogP contribution is -2.14. The molecule has 1 N–H and O–H groups in total. The largest absolute Gasteiger partial charge is 0.384 e. The molecule has 92 valence electrons. The van der Waals surface area contributed by atoms with Crippen LogP contribution in [-0.2, 0) is 16.1 Å². The number of hydrogen-bond donors (Lipinski definition) is 1. The van der Waals surface area contributed by atoms with Gasteiger partial charge in [-0.3, -0.25) is 0 Å². The van der Waals surface area contributed by atoms with Crippen LogP contribution in [0.2, 0.25) is 0 Å². The van der Waals surface area contributed by atoms with Crippen LogP contribution in [0.5, 0.6) is 0 Å². The zero-order valence-electron chi connectivity index (χ0n) is 10.3. The predicted octanol–water partition coefficient (Wildman–Crippen LogP) is 1.58. The van der Waals surface area contributed by atoms with Crippen molar-refractivity contribution in [1.29, 1.82) is 0 Å². The summed E-state index contributed by atoms with van der Waals surface area (Å²) in [6.45, 7) is 2.98. The van der Waals surface area contributed by atoms with E-state index in [4.69, 9.17) is 14.6 Å². The van der Waals surface area contributed by atoms with Crippen LogP contribution in [0.25, 0.3) is 0 Å². The Morgan fingerprint density at radius 2 is 2.24 bits per heavy atom. The highest BCUT2D eigenvalue weighted by molar-refractivity contribution is 5.36. The van der Waals surface area contributed by atoms with Crippen molar-refractivity contribution in [2.24, 2.45) is 0 Å². The molecular weight excluding hydrogens is 216 g/mol. The molecule has 0 saturated carbocycles. The second-order valence-corrected chi connectivity index (χ2v) is 3.74. The summed E-state index contributed by atoms with van der Waals surface area (Å²) in [5.41, 5.74) is 1.96. The van der Waals surface area contributed by atoms with E-state index in [1.54, 1.807) is 7.11 Å². The van der Waals surface area contributed by atoms with Crippen molar-refractivity contribution in [3.05, 3.63) is 35.4 Å². The molecule has 0 radical (unpaired) electrons. The van der Waals surface area contributed by atoms with Crippen molar-refractivity contribution < 1.29 is 14.6 Å². The molecule has 0 spiro atoms. The van der Waals surface area contributed by atoms with Gasteiger partial charge < -0.3 is 14.6 Å². The van der Waals surface area contributed by atoms with Gasteiger partial charge in [0.15, 0.2) is 0 Å². The summed E-state index contributed by atoms with van der Waals surface area (Å²) in [5.74, 6) is 5.49. The lowest BCUT2D eigenvalue weighted by molar-refractivity contribution is -0.000130. The molecule has 0 aliphatic rings. The molecular formula is C14H18O3. The molecule has 0 amide bonds. The Labute approximate surface area is 102 Å². The molecule has 0 aliphatic heterocycles. The normalized spacial score (nSPS) is 11.7. The number of hydrogen-bond acceptors (Lipinski definition) is 3. The lowest BCUT2D eigenvalue weighted by atomic mass is 10.1. The standard InChI is InChI=1S/C14H18O3/c1-12(10-16-2)17-11-14-6-3-5-13(9-14)7-4-8-15/h3,5-6,9,12,15H,8,10-11H2,1-2H3. The number of aliphatic hydroxyl groups excluding tert-OH is 1. The zero-order chi connectivity index (χ0) is 12.5. The van der Waals surface area contributed by atoms with E-state index in [9.17, 15) is 0 Å². The highest BCUT2D eigenvalue weighted by Crippen LogP contribution is 2.07. The third kappa shape index (κ3) is 5.50. The average molecular weight is 234 g/mol. The first kappa shape index (κ1) is 13.7. The fourth-order valence-electron chi connectivity index (χ4n) is 1.40. The maximum atomic E-state index is 8.62. The molecule has 0 saturated heterocycles. The smallest absolute Gasteiger partial charge is 0.104 e. The fraction of sp³-hybridized carbons (Fsp3) is 0.429. The molecule has 3 heteroatoms. The second-order valence-electron chi connectivity index (χ2n) is 3.74. The van der Waals surface area contributed by atoms with Crippen LogP contribution in [0, 0.1) is 11.8 Å². The number of rotatable bonds is 5. The quantitative estimate of drug-likeness (QED) is 0.786. The SMILES string of the molecule is COCC(C)OCc1cccc(C#CCO)c1. The molecule has 1 aromatic carbocycles. The molecule has 0 fully saturated rings. The van der Waals surface area contributed by atoms with Gasteiger partial charge in [0.1, 0.15) is 6.61 Å². The van der Waals surface area contributed by atoms with Gasteiger partial charge in [-0.25, -0.2) is 0 Å². The van der Waals surface area contributed by atoms with Crippen molar-refractivity contribution >= 4 is 0 Å². The first-order valence-corrected chi connectivity index (χ1v) is 5.55.